The quantitative estimate of drug-likeness (QED) is 0.0973. The predicted molar refractivity (Wildman–Crippen MR) is 145 cm³/mol. The Morgan fingerprint density at radius 3 is 1.36 bits per heavy atom. The highest BCUT2D eigenvalue weighted by molar-refractivity contribution is 6.07. The molecule has 47 heavy (non-hydrogen) atoms. The molecule has 2 aliphatic heterocycles. The van der Waals surface area contributed by atoms with E-state index in [4.69, 9.17) is 28.4 Å². The number of esters is 3. The van der Waals surface area contributed by atoms with E-state index in [0.29, 0.717) is 55.4 Å². The average molecular weight is 679 g/mol. The van der Waals surface area contributed by atoms with Gasteiger partial charge in [0.05, 0.1) is 13.2 Å². The molecule has 0 aromatic heterocycles. The van der Waals surface area contributed by atoms with Crippen LogP contribution in [-0.2, 0) is 66.8 Å². The summed E-state index contributed by atoms with van der Waals surface area (Å²) in [5.41, 5.74) is -14.5. The van der Waals surface area contributed by atoms with E-state index >= 15 is 0 Å². The van der Waals surface area contributed by atoms with Crippen molar-refractivity contribution in [1.82, 2.24) is 0 Å². The number of ketones is 5. The van der Waals surface area contributed by atoms with Crippen LogP contribution in [-0.4, -0.2) is 144 Å². The van der Waals surface area contributed by atoms with Crippen molar-refractivity contribution in [2.75, 3.05) is 13.2 Å². The SMILES string of the molecule is CC(=O)OC1(C(C)=O)C(O)C(O)OC(CO)C1(OC1(C(C)=O)OC(CO)C(O)C(OC(C)=O)(C(C)=O)C1(OC(C)=O)C(C)=O)C(C)=O. The van der Waals surface area contributed by atoms with Gasteiger partial charge in [0.25, 0.3) is 11.4 Å². The second-order valence-electron chi connectivity index (χ2n) is 11.1. The van der Waals surface area contributed by atoms with Gasteiger partial charge in [-0.2, -0.15) is 0 Å². The lowest BCUT2D eigenvalue weighted by molar-refractivity contribution is -0.433. The van der Waals surface area contributed by atoms with Gasteiger partial charge in [-0.05, 0) is 27.7 Å². The van der Waals surface area contributed by atoms with E-state index in [2.05, 4.69) is 0 Å². The maximum Gasteiger partial charge on any atom is 0.304 e. The van der Waals surface area contributed by atoms with Gasteiger partial charge in [0.15, 0.2) is 41.3 Å². The highest BCUT2D eigenvalue weighted by Crippen LogP contribution is 2.56. The summed E-state index contributed by atoms with van der Waals surface area (Å²) < 4.78 is 32.7. The molecule has 2 fully saturated rings. The van der Waals surface area contributed by atoms with Gasteiger partial charge in [-0.3, -0.25) is 38.4 Å². The van der Waals surface area contributed by atoms with Crippen molar-refractivity contribution in [3.63, 3.8) is 0 Å². The summed E-state index contributed by atoms with van der Waals surface area (Å²) in [6, 6.07) is 0. The van der Waals surface area contributed by atoms with Gasteiger partial charge in [0.2, 0.25) is 16.8 Å². The first-order valence-corrected chi connectivity index (χ1v) is 13.9. The van der Waals surface area contributed by atoms with Crippen molar-refractivity contribution in [2.24, 2.45) is 0 Å². The minimum absolute atomic E-state index is 0.560. The van der Waals surface area contributed by atoms with Crippen molar-refractivity contribution in [1.29, 1.82) is 0 Å². The third kappa shape index (κ3) is 5.39. The van der Waals surface area contributed by atoms with Crippen molar-refractivity contribution in [3.05, 3.63) is 0 Å². The second kappa shape index (κ2) is 13.5. The van der Waals surface area contributed by atoms with E-state index in [1.165, 1.54) is 0 Å². The molecule has 19 nitrogen and oxygen atoms in total. The number of hydrogen-bond acceptors (Lipinski definition) is 19. The third-order valence-electron chi connectivity index (χ3n) is 8.15. The van der Waals surface area contributed by atoms with Gasteiger partial charge in [-0.15, -0.1) is 0 Å². The summed E-state index contributed by atoms with van der Waals surface area (Å²) in [7, 11) is 0. The monoisotopic (exact) mass is 678 g/mol. The number of aliphatic hydroxyl groups excluding tert-OH is 5. The van der Waals surface area contributed by atoms with E-state index < -0.39 is 119 Å². The molecule has 0 aromatic rings. The molecule has 0 aromatic carbocycles. The van der Waals surface area contributed by atoms with Crippen molar-refractivity contribution in [3.8, 4) is 0 Å². The minimum Gasteiger partial charge on any atom is -0.444 e. The molecule has 0 amide bonds. The smallest absolute Gasteiger partial charge is 0.304 e. The maximum atomic E-state index is 14.0. The van der Waals surface area contributed by atoms with Gasteiger partial charge >= 0.3 is 17.9 Å². The normalized spacial score (nSPS) is 38.4. The molecule has 2 saturated heterocycles. The molecule has 10 atom stereocenters. The van der Waals surface area contributed by atoms with Crippen molar-refractivity contribution >= 4 is 46.8 Å². The predicted octanol–water partition coefficient (Wildman–Crippen LogP) is -3.89. The van der Waals surface area contributed by atoms with Crippen LogP contribution in [0.5, 0.6) is 0 Å². The Kier molecular flexibility index (Phi) is 11.4. The Balaban J connectivity index is 3.47. The number of rotatable bonds is 12. The number of carbonyl (C=O) groups excluding carboxylic acids is 8. The summed E-state index contributed by atoms with van der Waals surface area (Å²) in [5.74, 6) is -16.2. The first-order valence-electron chi connectivity index (χ1n) is 13.9. The van der Waals surface area contributed by atoms with Crippen LogP contribution in [0.25, 0.3) is 0 Å². The summed E-state index contributed by atoms with van der Waals surface area (Å²) >= 11 is 0. The third-order valence-corrected chi connectivity index (χ3v) is 8.15. The van der Waals surface area contributed by atoms with E-state index in [1.54, 1.807) is 0 Å². The first kappa shape index (κ1) is 39.6. The highest BCUT2D eigenvalue weighted by atomic mass is 16.8. The zero-order valence-electron chi connectivity index (χ0n) is 26.8. The topological polar surface area (TPSA) is 293 Å². The van der Waals surface area contributed by atoms with Crippen molar-refractivity contribution < 1.29 is 92.3 Å². The number of aliphatic hydroxyl groups is 5. The molecule has 0 aliphatic carbocycles. The number of carbonyl (C=O) groups is 8. The molecule has 0 bridgehead atoms. The van der Waals surface area contributed by atoms with Gasteiger partial charge in [-0.25, -0.2) is 0 Å². The number of ether oxygens (including phenoxy) is 6. The van der Waals surface area contributed by atoms with E-state index in [-0.39, 0.29) is 0 Å². The molecule has 2 rings (SSSR count). The van der Waals surface area contributed by atoms with Crippen LogP contribution in [0.15, 0.2) is 0 Å². The molecule has 0 saturated carbocycles. The fraction of sp³-hybridized carbons (Fsp3) is 0.714. The van der Waals surface area contributed by atoms with Crippen LogP contribution in [0.1, 0.15) is 55.4 Å². The second-order valence-corrected chi connectivity index (χ2v) is 11.1. The van der Waals surface area contributed by atoms with E-state index in [9.17, 15) is 63.9 Å². The fourth-order valence-corrected chi connectivity index (χ4v) is 6.52. The molecule has 0 radical (unpaired) electrons. The standard InChI is InChI=1S/C28H38O19/c1-11(31)24(20(10-30)42-23(41)22(40)25(24,12(2)32)43-16(6)36)47-28(15(5)35)27(14(4)34,45-18(8)38)26(13(3)33,44-17(7)37)21(39)19(9-29)46-28/h19-23,29-30,39-41H,9-10H2,1-8H3. The lowest BCUT2D eigenvalue weighted by Gasteiger charge is -2.63. The number of hydrogen-bond donors (Lipinski definition) is 5. The summed E-state index contributed by atoms with van der Waals surface area (Å²) in [6.45, 7) is 2.16. The Morgan fingerprint density at radius 1 is 0.574 bits per heavy atom. The maximum absolute atomic E-state index is 14.0. The van der Waals surface area contributed by atoms with Crippen LogP contribution in [0.2, 0.25) is 0 Å². The Labute approximate surface area is 267 Å². The Hall–Kier alpha value is -3.56. The fourth-order valence-electron chi connectivity index (χ4n) is 6.52. The first-order chi connectivity index (χ1) is 21.5. The molecule has 2 aliphatic rings. The lowest BCUT2D eigenvalue weighted by Crippen LogP contribution is -2.91. The molecule has 10 unspecified atom stereocenters. The molecule has 0 spiro atoms. The van der Waals surface area contributed by atoms with Crippen LogP contribution < -0.4 is 0 Å². The number of Topliss-reactive ketones (excluding diaryl/α,β-unsaturated/α-hetero) is 5. The molecular weight excluding hydrogens is 640 g/mol. The molecule has 264 valence electrons. The Morgan fingerprint density at radius 2 is 1.02 bits per heavy atom. The van der Waals surface area contributed by atoms with E-state index in [0.717, 1.165) is 0 Å². The minimum atomic E-state index is -3.91. The molecule has 2 heterocycles. The zero-order chi connectivity index (χ0) is 36.7. The van der Waals surface area contributed by atoms with Gasteiger partial charge in [-0.1, -0.05) is 0 Å². The molecule has 5 N–H and O–H groups in total. The Bertz CT molecular complexity index is 1360. The van der Waals surface area contributed by atoms with Gasteiger partial charge in [0.1, 0.15) is 18.3 Å². The van der Waals surface area contributed by atoms with Crippen LogP contribution in [0.3, 0.4) is 0 Å². The van der Waals surface area contributed by atoms with Crippen LogP contribution in [0.4, 0.5) is 0 Å². The summed E-state index contributed by atoms with van der Waals surface area (Å²) in [4.78, 5) is 107. The average Bonchev–Trinajstić information content (AvgIpc) is 2.94. The van der Waals surface area contributed by atoms with Crippen molar-refractivity contribution in [2.45, 2.75) is 114 Å². The van der Waals surface area contributed by atoms with E-state index in [1.807, 2.05) is 0 Å². The largest absolute Gasteiger partial charge is 0.444 e. The zero-order valence-corrected chi connectivity index (χ0v) is 26.8. The van der Waals surface area contributed by atoms with Gasteiger partial charge < -0.3 is 54.0 Å². The van der Waals surface area contributed by atoms with Crippen LogP contribution in [0, 0.1) is 0 Å². The molecular formula is C28H38O19. The lowest BCUT2D eigenvalue weighted by atomic mass is 9.62. The van der Waals surface area contributed by atoms with Gasteiger partial charge in [0, 0.05) is 27.7 Å². The summed E-state index contributed by atoms with van der Waals surface area (Å²) in [5, 5.41) is 53.9. The summed E-state index contributed by atoms with van der Waals surface area (Å²) in [6.07, 6.45) is -12.7. The highest BCUT2D eigenvalue weighted by Gasteiger charge is 2.87. The molecule has 19 heteroatoms. The van der Waals surface area contributed by atoms with Crippen LogP contribution >= 0.6 is 0 Å².